The molecule has 1 aliphatic heterocycles. The Morgan fingerprint density at radius 3 is 2.78 bits per heavy atom. The van der Waals surface area contributed by atoms with E-state index in [0.717, 1.165) is 37.1 Å². The third-order valence-electron chi connectivity index (χ3n) is 4.21. The topological polar surface area (TPSA) is 76.7 Å². The molecule has 1 aromatic carbocycles. The number of hydrogen-bond acceptors (Lipinski definition) is 4. The predicted molar refractivity (Wildman–Crippen MR) is 92.7 cm³/mol. The van der Waals surface area contributed by atoms with E-state index in [4.69, 9.17) is 10.5 Å². The van der Waals surface area contributed by atoms with Gasteiger partial charge < -0.3 is 15.8 Å². The first kappa shape index (κ1) is 17.5. The third-order valence-corrected chi connectivity index (χ3v) is 4.21. The van der Waals surface area contributed by atoms with Crippen LogP contribution < -0.4 is 11.1 Å². The molecule has 0 saturated carbocycles. The van der Waals surface area contributed by atoms with E-state index in [1.54, 1.807) is 0 Å². The van der Waals surface area contributed by atoms with Crippen LogP contribution in [-0.4, -0.2) is 31.5 Å². The fourth-order valence-electron chi connectivity index (χ4n) is 2.85. The van der Waals surface area contributed by atoms with Crippen molar-refractivity contribution in [3.63, 3.8) is 0 Å². The second-order valence-corrected chi connectivity index (χ2v) is 6.11. The molecule has 0 aliphatic carbocycles. The molecular weight excluding hydrogens is 290 g/mol. The smallest absolute Gasteiger partial charge is 0.251 e. The molecule has 0 aromatic heterocycles. The molecule has 0 fully saturated rings. The minimum absolute atomic E-state index is 0.0511. The molecule has 1 amide bonds. The van der Waals surface area contributed by atoms with Gasteiger partial charge in [-0.15, -0.1) is 0 Å². The Hall–Kier alpha value is -1.88. The van der Waals surface area contributed by atoms with Crippen molar-refractivity contribution >= 4 is 11.7 Å². The molecule has 0 saturated heterocycles. The number of amidine groups is 1. The molecule has 126 valence electrons. The number of nitrogens with zero attached hydrogens (tertiary/aromatic N) is 1. The van der Waals surface area contributed by atoms with E-state index in [0.29, 0.717) is 25.3 Å². The maximum absolute atomic E-state index is 12.1. The Morgan fingerprint density at radius 2 is 2.13 bits per heavy atom. The number of carbonyl (C=O) groups excluding carboxylic acids is 1. The van der Waals surface area contributed by atoms with Crippen molar-refractivity contribution < 1.29 is 9.53 Å². The van der Waals surface area contributed by atoms with Gasteiger partial charge in [0.05, 0.1) is 11.4 Å². The van der Waals surface area contributed by atoms with Gasteiger partial charge in [-0.1, -0.05) is 12.1 Å². The fraction of sp³-hybridized carbons (Fsp3) is 0.556. The van der Waals surface area contributed by atoms with E-state index in [-0.39, 0.29) is 11.4 Å². The average molecular weight is 317 g/mol. The summed E-state index contributed by atoms with van der Waals surface area (Å²) >= 11 is 0. The number of aliphatic imine (C=N–C) groups is 1. The number of carbonyl (C=O) groups is 1. The van der Waals surface area contributed by atoms with Crippen LogP contribution in [0.15, 0.2) is 29.3 Å². The SMILES string of the molecule is CCOCCCNC(=O)c1ccc(C2(C)CCCC(N)=N2)cc1. The van der Waals surface area contributed by atoms with Crippen molar-refractivity contribution in [3.05, 3.63) is 35.4 Å². The van der Waals surface area contributed by atoms with Gasteiger partial charge in [-0.25, -0.2) is 0 Å². The van der Waals surface area contributed by atoms with Gasteiger partial charge in [0.1, 0.15) is 0 Å². The van der Waals surface area contributed by atoms with Gasteiger partial charge in [0.2, 0.25) is 0 Å². The molecule has 1 aliphatic rings. The van der Waals surface area contributed by atoms with Crippen LogP contribution in [0.3, 0.4) is 0 Å². The van der Waals surface area contributed by atoms with E-state index in [1.165, 1.54) is 0 Å². The molecule has 0 bridgehead atoms. The Morgan fingerprint density at radius 1 is 1.39 bits per heavy atom. The van der Waals surface area contributed by atoms with Crippen molar-refractivity contribution in [1.82, 2.24) is 5.32 Å². The Bertz CT molecular complexity index is 554. The van der Waals surface area contributed by atoms with Crippen LogP contribution in [0.2, 0.25) is 0 Å². The molecule has 1 unspecified atom stereocenters. The van der Waals surface area contributed by atoms with Crippen LogP contribution in [0.5, 0.6) is 0 Å². The average Bonchev–Trinajstić information content (AvgIpc) is 2.54. The third kappa shape index (κ3) is 4.79. The summed E-state index contributed by atoms with van der Waals surface area (Å²) in [7, 11) is 0. The minimum atomic E-state index is -0.269. The lowest BCUT2D eigenvalue weighted by atomic mass is 9.85. The number of amides is 1. The van der Waals surface area contributed by atoms with E-state index in [9.17, 15) is 4.79 Å². The highest BCUT2D eigenvalue weighted by molar-refractivity contribution is 5.94. The summed E-state index contributed by atoms with van der Waals surface area (Å²) < 4.78 is 5.25. The summed E-state index contributed by atoms with van der Waals surface area (Å²) in [6.45, 7) is 6.07. The normalized spacial score (nSPS) is 20.9. The quantitative estimate of drug-likeness (QED) is 0.759. The lowest BCUT2D eigenvalue weighted by Gasteiger charge is -2.30. The number of rotatable bonds is 7. The summed E-state index contributed by atoms with van der Waals surface area (Å²) in [5, 5.41) is 2.91. The first-order chi connectivity index (χ1) is 11.0. The van der Waals surface area contributed by atoms with Gasteiger partial charge in [-0.05, 0) is 50.8 Å². The zero-order chi connectivity index (χ0) is 16.7. The largest absolute Gasteiger partial charge is 0.387 e. The molecule has 1 aromatic rings. The van der Waals surface area contributed by atoms with Crippen molar-refractivity contribution in [2.24, 2.45) is 10.7 Å². The van der Waals surface area contributed by atoms with E-state index < -0.39 is 0 Å². The van der Waals surface area contributed by atoms with E-state index in [1.807, 2.05) is 31.2 Å². The summed E-state index contributed by atoms with van der Waals surface area (Å²) in [6.07, 6.45) is 3.73. The summed E-state index contributed by atoms with van der Waals surface area (Å²) in [4.78, 5) is 16.7. The van der Waals surface area contributed by atoms with Crippen molar-refractivity contribution in [2.45, 2.75) is 45.1 Å². The molecule has 5 nitrogen and oxygen atoms in total. The number of benzene rings is 1. The van der Waals surface area contributed by atoms with Crippen molar-refractivity contribution in [1.29, 1.82) is 0 Å². The molecule has 0 radical (unpaired) electrons. The number of nitrogens with two attached hydrogens (primary N) is 1. The summed E-state index contributed by atoms with van der Waals surface area (Å²) in [6, 6.07) is 7.69. The first-order valence-corrected chi connectivity index (χ1v) is 8.36. The maximum Gasteiger partial charge on any atom is 0.251 e. The fourth-order valence-corrected chi connectivity index (χ4v) is 2.85. The Labute approximate surface area is 138 Å². The molecular formula is C18H27N3O2. The van der Waals surface area contributed by atoms with Crippen molar-refractivity contribution in [3.8, 4) is 0 Å². The van der Waals surface area contributed by atoms with Crippen LogP contribution in [-0.2, 0) is 10.3 Å². The van der Waals surface area contributed by atoms with Crippen LogP contribution in [0.4, 0.5) is 0 Å². The first-order valence-electron chi connectivity index (χ1n) is 8.36. The predicted octanol–water partition coefficient (Wildman–Crippen LogP) is 2.60. The van der Waals surface area contributed by atoms with Crippen LogP contribution in [0, 0.1) is 0 Å². The lowest BCUT2D eigenvalue weighted by Crippen LogP contribution is -2.29. The lowest BCUT2D eigenvalue weighted by molar-refractivity contribution is 0.0944. The highest BCUT2D eigenvalue weighted by Gasteiger charge is 2.28. The monoisotopic (exact) mass is 317 g/mol. The molecule has 23 heavy (non-hydrogen) atoms. The van der Waals surface area contributed by atoms with E-state index >= 15 is 0 Å². The molecule has 1 heterocycles. The zero-order valence-electron chi connectivity index (χ0n) is 14.1. The van der Waals surface area contributed by atoms with Crippen LogP contribution in [0.25, 0.3) is 0 Å². The standard InChI is InChI=1S/C18H27N3O2/c1-3-23-13-5-12-20-17(22)14-7-9-15(10-8-14)18(2)11-4-6-16(19)21-18/h7-10H,3-6,11-13H2,1-2H3,(H2,19,21)(H,20,22). The second-order valence-electron chi connectivity index (χ2n) is 6.11. The molecule has 0 spiro atoms. The van der Waals surface area contributed by atoms with Gasteiger partial charge in [0, 0.05) is 31.7 Å². The molecule has 3 N–H and O–H groups in total. The zero-order valence-corrected chi connectivity index (χ0v) is 14.1. The Kier molecular flexibility index (Phi) is 6.16. The van der Waals surface area contributed by atoms with E-state index in [2.05, 4.69) is 17.2 Å². The van der Waals surface area contributed by atoms with Gasteiger partial charge in [0.15, 0.2) is 0 Å². The number of ether oxygens (including phenoxy) is 1. The van der Waals surface area contributed by atoms with Gasteiger partial charge in [-0.3, -0.25) is 9.79 Å². The maximum atomic E-state index is 12.1. The number of nitrogens with one attached hydrogen (secondary N) is 1. The van der Waals surface area contributed by atoms with Crippen LogP contribution >= 0.6 is 0 Å². The minimum Gasteiger partial charge on any atom is -0.387 e. The molecule has 2 rings (SSSR count). The van der Waals surface area contributed by atoms with Gasteiger partial charge in [-0.2, -0.15) is 0 Å². The van der Waals surface area contributed by atoms with Gasteiger partial charge in [0.25, 0.3) is 5.91 Å². The molecule has 1 atom stereocenters. The number of hydrogen-bond donors (Lipinski definition) is 2. The van der Waals surface area contributed by atoms with Gasteiger partial charge >= 0.3 is 0 Å². The summed E-state index contributed by atoms with van der Waals surface area (Å²) in [5.41, 5.74) is 7.39. The highest BCUT2D eigenvalue weighted by Crippen LogP contribution is 2.34. The molecule has 5 heteroatoms. The van der Waals surface area contributed by atoms with Crippen molar-refractivity contribution in [2.75, 3.05) is 19.8 Å². The highest BCUT2D eigenvalue weighted by atomic mass is 16.5. The second kappa shape index (κ2) is 8.11. The Balaban J connectivity index is 1.94. The summed E-state index contributed by atoms with van der Waals surface area (Å²) in [5.74, 6) is 0.666. The van der Waals surface area contributed by atoms with Crippen LogP contribution in [0.1, 0.15) is 55.5 Å².